The first kappa shape index (κ1) is 20.5. The Labute approximate surface area is 185 Å². The zero-order valence-corrected chi connectivity index (χ0v) is 20.3. The van der Waals surface area contributed by atoms with Crippen molar-refractivity contribution in [2.45, 2.75) is 111 Å². The molecule has 4 aliphatic carbocycles. The van der Waals surface area contributed by atoms with Gasteiger partial charge in [-0.2, -0.15) is 0 Å². The molecule has 2 unspecified atom stereocenters. The normalized spacial score (nSPS) is 62.5. The van der Waals surface area contributed by atoms with Crippen molar-refractivity contribution in [2.24, 2.45) is 58.2 Å². The Balaban J connectivity index is 1.26. The molecular formula is C28H46O2. The van der Waals surface area contributed by atoms with Gasteiger partial charge in [-0.05, 0) is 104 Å². The summed E-state index contributed by atoms with van der Waals surface area (Å²) in [6.45, 7) is 13.6. The quantitative estimate of drug-likeness (QED) is 0.422. The SMILES string of the molecule is CC1CC[C@@]2(C)[C@H](CC[C@@H]3[C@@H]2CC[C@]2(C)[C@@H]4C(C[C@@H]32)O[C@]2(CC[C@H](C)CO2)[C@H]4C)C1. The van der Waals surface area contributed by atoms with Crippen LogP contribution in [0, 0.1) is 58.2 Å². The van der Waals surface area contributed by atoms with E-state index in [2.05, 4.69) is 34.6 Å². The highest BCUT2D eigenvalue weighted by molar-refractivity contribution is 5.15. The smallest absolute Gasteiger partial charge is 0.171 e. The van der Waals surface area contributed by atoms with Gasteiger partial charge in [0.05, 0.1) is 12.7 Å². The highest BCUT2D eigenvalue weighted by Crippen LogP contribution is 2.71. The minimum Gasteiger partial charge on any atom is -0.349 e. The molecule has 6 aliphatic rings. The van der Waals surface area contributed by atoms with Crippen LogP contribution in [0.3, 0.4) is 0 Å². The van der Waals surface area contributed by atoms with Crippen molar-refractivity contribution in [1.29, 1.82) is 0 Å². The Bertz CT molecular complexity index is 680. The molecule has 0 N–H and O–H groups in total. The van der Waals surface area contributed by atoms with Crippen LogP contribution >= 0.6 is 0 Å². The van der Waals surface area contributed by atoms with Gasteiger partial charge in [0.25, 0.3) is 0 Å². The van der Waals surface area contributed by atoms with Crippen LogP contribution in [0.2, 0.25) is 0 Å². The monoisotopic (exact) mass is 414 g/mol. The third-order valence-corrected chi connectivity index (χ3v) is 12.2. The maximum atomic E-state index is 6.93. The average molecular weight is 415 g/mol. The molecule has 0 bridgehead atoms. The van der Waals surface area contributed by atoms with Gasteiger partial charge >= 0.3 is 0 Å². The third kappa shape index (κ3) is 2.62. The van der Waals surface area contributed by atoms with Gasteiger partial charge in [-0.15, -0.1) is 0 Å². The van der Waals surface area contributed by atoms with Crippen molar-refractivity contribution in [2.75, 3.05) is 6.61 Å². The van der Waals surface area contributed by atoms with Crippen LogP contribution in [0.4, 0.5) is 0 Å². The van der Waals surface area contributed by atoms with E-state index in [0.717, 1.165) is 42.6 Å². The van der Waals surface area contributed by atoms with Crippen LogP contribution < -0.4 is 0 Å². The molecule has 2 heterocycles. The van der Waals surface area contributed by atoms with Gasteiger partial charge in [-0.25, -0.2) is 0 Å². The fourth-order valence-corrected chi connectivity index (χ4v) is 10.5. The second-order valence-corrected chi connectivity index (χ2v) is 13.6. The Morgan fingerprint density at radius 3 is 2.27 bits per heavy atom. The lowest BCUT2D eigenvalue weighted by Gasteiger charge is -2.61. The minimum absolute atomic E-state index is 0.254. The van der Waals surface area contributed by atoms with Crippen LogP contribution in [0.5, 0.6) is 0 Å². The van der Waals surface area contributed by atoms with E-state index in [9.17, 15) is 0 Å². The van der Waals surface area contributed by atoms with Crippen LogP contribution in [0.25, 0.3) is 0 Å². The molecule has 0 amide bonds. The van der Waals surface area contributed by atoms with Gasteiger partial charge < -0.3 is 9.47 Å². The number of rotatable bonds is 0. The van der Waals surface area contributed by atoms with E-state index in [1.54, 1.807) is 0 Å². The molecule has 6 rings (SSSR count). The Morgan fingerprint density at radius 2 is 1.50 bits per heavy atom. The summed E-state index contributed by atoms with van der Waals surface area (Å²) >= 11 is 0. The maximum absolute atomic E-state index is 6.93. The lowest BCUT2D eigenvalue weighted by Crippen LogP contribution is -2.54. The van der Waals surface area contributed by atoms with E-state index in [1.165, 1.54) is 57.8 Å². The van der Waals surface area contributed by atoms with Crippen LogP contribution in [0.15, 0.2) is 0 Å². The second-order valence-electron chi connectivity index (χ2n) is 13.6. The molecule has 2 aliphatic heterocycles. The Morgan fingerprint density at radius 1 is 0.733 bits per heavy atom. The molecular weight excluding hydrogens is 368 g/mol. The van der Waals surface area contributed by atoms with Crippen molar-refractivity contribution in [3.8, 4) is 0 Å². The first-order valence-electron chi connectivity index (χ1n) is 13.6. The second kappa shape index (κ2) is 6.72. The fourth-order valence-electron chi connectivity index (χ4n) is 10.5. The molecule has 2 heteroatoms. The molecule has 30 heavy (non-hydrogen) atoms. The zero-order valence-electron chi connectivity index (χ0n) is 20.3. The first-order chi connectivity index (χ1) is 14.3. The highest BCUT2D eigenvalue weighted by atomic mass is 16.7. The van der Waals surface area contributed by atoms with E-state index < -0.39 is 0 Å². The molecule has 2 nitrogen and oxygen atoms in total. The Hall–Kier alpha value is -0.0800. The van der Waals surface area contributed by atoms with Gasteiger partial charge in [0, 0.05) is 12.3 Å². The average Bonchev–Trinajstić information content (AvgIpc) is 3.16. The van der Waals surface area contributed by atoms with E-state index >= 15 is 0 Å². The molecule has 0 aromatic carbocycles. The summed E-state index contributed by atoms with van der Waals surface area (Å²) in [6.07, 6.45) is 14.6. The predicted octanol–water partition coefficient (Wildman–Crippen LogP) is 7.07. The van der Waals surface area contributed by atoms with Crippen molar-refractivity contribution in [3.05, 3.63) is 0 Å². The summed E-state index contributed by atoms with van der Waals surface area (Å²) in [5.41, 5.74) is 1.11. The summed E-state index contributed by atoms with van der Waals surface area (Å²) < 4.78 is 13.4. The van der Waals surface area contributed by atoms with E-state index in [0.29, 0.717) is 34.7 Å². The van der Waals surface area contributed by atoms with Crippen molar-refractivity contribution >= 4 is 0 Å². The minimum atomic E-state index is -0.254. The summed E-state index contributed by atoms with van der Waals surface area (Å²) in [5.74, 6) is 6.52. The largest absolute Gasteiger partial charge is 0.349 e. The van der Waals surface area contributed by atoms with Gasteiger partial charge in [0.15, 0.2) is 5.79 Å². The van der Waals surface area contributed by atoms with Crippen LogP contribution in [-0.4, -0.2) is 18.5 Å². The van der Waals surface area contributed by atoms with Gasteiger partial charge in [0.1, 0.15) is 0 Å². The lowest BCUT2D eigenvalue weighted by atomic mass is 9.44. The van der Waals surface area contributed by atoms with Crippen molar-refractivity contribution < 1.29 is 9.47 Å². The van der Waals surface area contributed by atoms with E-state index in [4.69, 9.17) is 9.47 Å². The fraction of sp³-hybridized carbons (Fsp3) is 1.00. The molecule has 6 fully saturated rings. The first-order valence-corrected chi connectivity index (χ1v) is 13.6. The van der Waals surface area contributed by atoms with Gasteiger partial charge in [-0.1, -0.05) is 41.0 Å². The predicted molar refractivity (Wildman–Crippen MR) is 121 cm³/mol. The van der Waals surface area contributed by atoms with Crippen molar-refractivity contribution in [1.82, 2.24) is 0 Å². The number of ether oxygens (including phenoxy) is 2. The van der Waals surface area contributed by atoms with Crippen LogP contribution in [-0.2, 0) is 9.47 Å². The molecule has 0 radical (unpaired) electrons. The molecule has 4 saturated carbocycles. The molecule has 170 valence electrons. The third-order valence-electron chi connectivity index (χ3n) is 12.2. The number of hydrogen-bond acceptors (Lipinski definition) is 2. The van der Waals surface area contributed by atoms with Crippen molar-refractivity contribution in [3.63, 3.8) is 0 Å². The van der Waals surface area contributed by atoms with E-state index in [1.807, 2.05) is 0 Å². The van der Waals surface area contributed by atoms with Gasteiger partial charge in [0.2, 0.25) is 0 Å². The van der Waals surface area contributed by atoms with Gasteiger partial charge in [-0.3, -0.25) is 0 Å². The topological polar surface area (TPSA) is 18.5 Å². The maximum Gasteiger partial charge on any atom is 0.171 e. The molecule has 2 saturated heterocycles. The zero-order chi connectivity index (χ0) is 20.9. The standard InChI is InChI=1S/C28H46O2/c1-17-8-11-26(4)20(14-17)6-7-21-22(26)10-12-27(5)23(21)15-24-25(27)19(3)28(30-24)13-9-18(2)16-29-28/h17-25H,6-16H2,1-5H3/t17?,18-,19-,20+,21+,22-,23-,24?,25-,26-,27-,28+/m0/s1. The molecule has 0 aromatic heterocycles. The molecule has 12 atom stereocenters. The molecule has 0 aromatic rings. The van der Waals surface area contributed by atoms with E-state index in [-0.39, 0.29) is 5.79 Å². The molecule has 1 spiro atoms. The summed E-state index contributed by atoms with van der Waals surface area (Å²) in [7, 11) is 0. The van der Waals surface area contributed by atoms with Crippen LogP contribution in [0.1, 0.15) is 98.8 Å². The lowest BCUT2D eigenvalue weighted by molar-refractivity contribution is -0.273. The summed E-state index contributed by atoms with van der Waals surface area (Å²) in [5, 5.41) is 0. The summed E-state index contributed by atoms with van der Waals surface area (Å²) in [6, 6.07) is 0. The number of hydrogen-bond donors (Lipinski definition) is 0. The number of fused-ring (bicyclic) bond motifs is 7. The Kier molecular flexibility index (Phi) is 4.60. The highest BCUT2D eigenvalue weighted by Gasteiger charge is 2.69. The summed E-state index contributed by atoms with van der Waals surface area (Å²) in [4.78, 5) is 0.